The van der Waals surface area contributed by atoms with Crippen LogP contribution in [0.3, 0.4) is 0 Å². The van der Waals surface area contributed by atoms with Gasteiger partial charge in [0, 0.05) is 6.42 Å². The molecule has 1 nitrogen and oxygen atoms in total. The van der Waals surface area contributed by atoms with Crippen molar-refractivity contribution in [1.82, 2.24) is 0 Å². The Morgan fingerprint density at radius 3 is 2.17 bits per heavy atom. The molecule has 0 spiro atoms. The number of halogens is 3. The van der Waals surface area contributed by atoms with Crippen molar-refractivity contribution in [2.24, 2.45) is 0 Å². The van der Waals surface area contributed by atoms with Crippen LogP contribution < -0.4 is 0 Å². The fraction of sp³-hybridized carbons (Fsp3) is 0.750. The maximum Gasteiger partial charge on any atom is 0.389 e. The van der Waals surface area contributed by atoms with Crippen LogP contribution in [0.1, 0.15) is 26.2 Å². The Labute approximate surface area is 69.6 Å². The van der Waals surface area contributed by atoms with E-state index in [4.69, 9.17) is 11.5 Å². The van der Waals surface area contributed by atoms with Crippen LogP contribution in [0, 0.1) is 12.3 Å². The third-order valence-corrected chi connectivity index (χ3v) is 1.43. The van der Waals surface area contributed by atoms with E-state index in [1.807, 2.05) is 5.92 Å². The molecule has 0 aromatic carbocycles. The highest BCUT2D eigenvalue weighted by Crippen LogP contribution is 2.24. The summed E-state index contributed by atoms with van der Waals surface area (Å²) >= 11 is 0. The van der Waals surface area contributed by atoms with Gasteiger partial charge in [-0.2, -0.15) is 13.2 Å². The number of hydrogen-bond acceptors (Lipinski definition) is 1. The van der Waals surface area contributed by atoms with Crippen molar-refractivity contribution in [2.45, 2.75) is 38.0 Å². The molecule has 1 unspecified atom stereocenters. The smallest absolute Gasteiger partial charge is 0.378 e. The number of rotatable bonds is 3. The Morgan fingerprint density at radius 1 is 1.33 bits per heavy atom. The summed E-state index contributed by atoms with van der Waals surface area (Å²) < 4.78 is 34.8. The molecule has 0 aliphatic rings. The topological polar surface area (TPSA) is 20.2 Å². The first-order chi connectivity index (χ1) is 5.27. The molecule has 70 valence electrons. The molecular weight excluding hydrogens is 169 g/mol. The molecule has 4 heteroatoms. The molecule has 0 fully saturated rings. The predicted octanol–water partition coefficient (Wildman–Crippen LogP) is 2.10. The lowest BCUT2D eigenvalue weighted by molar-refractivity contribution is -0.136. The fourth-order valence-corrected chi connectivity index (χ4v) is 0.705. The van der Waals surface area contributed by atoms with Gasteiger partial charge in [-0.15, -0.1) is 6.42 Å². The zero-order chi connectivity index (χ0) is 9.83. The van der Waals surface area contributed by atoms with E-state index in [1.54, 1.807) is 0 Å². The van der Waals surface area contributed by atoms with Gasteiger partial charge in [0.05, 0.1) is 0 Å². The quantitative estimate of drug-likeness (QED) is 0.659. The van der Waals surface area contributed by atoms with Crippen LogP contribution in [0.25, 0.3) is 0 Å². The van der Waals surface area contributed by atoms with Gasteiger partial charge in [0.2, 0.25) is 0 Å². The van der Waals surface area contributed by atoms with Crippen LogP contribution in [0.4, 0.5) is 13.2 Å². The second-order valence-electron chi connectivity index (χ2n) is 2.89. The molecule has 0 radical (unpaired) electrons. The fourth-order valence-electron chi connectivity index (χ4n) is 0.705. The highest BCUT2D eigenvalue weighted by molar-refractivity contribution is 5.03. The lowest BCUT2D eigenvalue weighted by atomic mass is 10.0. The Kier molecular flexibility index (Phi) is 3.59. The highest BCUT2D eigenvalue weighted by Gasteiger charge is 2.28. The molecule has 0 heterocycles. The monoisotopic (exact) mass is 180 g/mol. The summed E-state index contributed by atoms with van der Waals surface area (Å²) in [6.07, 6.45) is -0.348. The SMILES string of the molecule is C#CC(C)(O)CCCC(F)(F)F. The van der Waals surface area contributed by atoms with Gasteiger partial charge in [0.25, 0.3) is 0 Å². The normalized spacial score (nSPS) is 16.7. The molecule has 12 heavy (non-hydrogen) atoms. The van der Waals surface area contributed by atoms with Crippen LogP contribution in [0.2, 0.25) is 0 Å². The molecule has 0 amide bonds. The summed E-state index contributed by atoms with van der Waals surface area (Å²) in [7, 11) is 0. The largest absolute Gasteiger partial charge is 0.389 e. The molecule has 0 aromatic heterocycles. The van der Waals surface area contributed by atoms with E-state index in [2.05, 4.69) is 0 Å². The van der Waals surface area contributed by atoms with Crippen LogP contribution in [-0.2, 0) is 0 Å². The molecule has 0 saturated heterocycles. The molecule has 0 aliphatic heterocycles. The lowest BCUT2D eigenvalue weighted by Gasteiger charge is -2.15. The van der Waals surface area contributed by atoms with E-state index in [0.717, 1.165) is 0 Å². The molecule has 1 N–H and O–H groups in total. The van der Waals surface area contributed by atoms with Gasteiger partial charge in [0.15, 0.2) is 0 Å². The van der Waals surface area contributed by atoms with Gasteiger partial charge >= 0.3 is 6.18 Å². The van der Waals surface area contributed by atoms with Crippen molar-refractivity contribution < 1.29 is 18.3 Å². The molecule has 0 aromatic rings. The first-order valence-electron chi connectivity index (χ1n) is 3.54. The van der Waals surface area contributed by atoms with Crippen molar-refractivity contribution >= 4 is 0 Å². The molecule has 0 saturated carbocycles. The average molecular weight is 180 g/mol. The van der Waals surface area contributed by atoms with Crippen LogP contribution >= 0.6 is 0 Å². The highest BCUT2D eigenvalue weighted by atomic mass is 19.4. The maximum atomic E-state index is 11.6. The molecule has 0 aliphatic carbocycles. The molecule has 1 atom stereocenters. The van der Waals surface area contributed by atoms with E-state index in [-0.39, 0.29) is 12.8 Å². The summed E-state index contributed by atoms with van der Waals surface area (Å²) in [5.41, 5.74) is -1.41. The van der Waals surface area contributed by atoms with Gasteiger partial charge in [-0.1, -0.05) is 5.92 Å². The van der Waals surface area contributed by atoms with Crippen LogP contribution in [0.15, 0.2) is 0 Å². The van der Waals surface area contributed by atoms with Crippen LogP contribution in [0.5, 0.6) is 0 Å². The number of alkyl halides is 3. The van der Waals surface area contributed by atoms with Crippen molar-refractivity contribution in [3.8, 4) is 12.3 Å². The van der Waals surface area contributed by atoms with Gasteiger partial charge in [-0.05, 0) is 19.8 Å². The predicted molar refractivity (Wildman–Crippen MR) is 39.4 cm³/mol. The van der Waals surface area contributed by atoms with E-state index in [1.165, 1.54) is 6.92 Å². The van der Waals surface area contributed by atoms with Gasteiger partial charge in [0.1, 0.15) is 5.60 Å². The first-order valence-corrected chi connectivity index (χ1v) is 3.54. The standard InChI is InChI=1S/C8H11F3O/c1-3-7(2,12)5-4-6-8(9,10)11/h1,12H,4-6H2,2H3. The van der Waals surface area contributed by atoms with E-state index in [0.29, 0.717) is 0 Å². The zero-order valence-corrected chi connectivity index (χ0v) is 6.78. The van der Waals surface area contributed by atoms with Crippen LogP contribution in [-0.4, -0.2) is 16.9 Å². The second-order valence-corrected chi connectivity index (χ2v) is 2.89. The van der Waals surface area contributed by atoms with E-state index < -0.39 is 18.2 Å². The first kappa shape index (κ1) is 11.3. The van der Waals surface area contributed by atoms with Crippen molar-refractivity contribution in [3.05, 3.63) is 0 Å². The molecule has 0 rings (SSSR count). The molecule has 0 bridgehead atoms. The Balaban J connectivity index is 3.66. The van der Waals surface area contributed by atoms with E-state index in [9.17, 15) is 13.2 Å². The second kappa shape index (κ2) is 3.81. The third-order valence-electron chi connectivity index (χ3n) is 1.43. The minimum absolute atomic E-state index is 0.0248. The van der Waals surface area contributed by atoms with Gasteiger partial charge < -0.3 is 5.11 Å². The van der Waals surface area contributed by atoms with Crippen molar-refractivity contribution in [1.29, 1.82) is 0 Å². The Bertz CT molecular complexity index is 176. The Morgan fingerprint density at radius 2 is 1.83 bits per heavy atom. The third kappa shape index (κ3) is 6.05. The Hall–Kier alpha value is -0.690. The van der Waals surface area contributed by atoms with Gasteiger partial charge in [-0.3, -0.25) is 0 Å². The maximum absolute atomic E-state index is 11.6. The number of hydrogen-bond donors (Lipinski definition) is 1. The minimum Gasteiger partial charge on any atom is -0.378 e. The summed E-state index contributed by atoms with van der Waals surface area (Å²) in [5.74, 6) is 2.02. The van der Waals surface area contributed by atoms with Crippen molar-refractivity contribution in [3.63, 3.8) is 0 Å². The summed E-state index contributed by atoms with van der Waals surface area (Å²) in [6, 6.07) is 0. The number of aliphatic hydroxyl groups is 1. The summed E-state index contributed by atoms with van der Waals surface area (Å²) in [6.45, 7) is 1.32. The zero-order valence-electron chi connectivity index (χ0n) is 6.78. The summed E-state index contributed by atoms with van der Waals surface area (Å²) in [5, 5.41) is 9.12. The van der Waals surface area contributed by atoms with Crippen molar-refractivity contribution in [2.75, 3.05) is 0 Å². The average Bonchev–Trinajstić information content (AvgIpc) is 1.84. The van der Waals surface area contributed by atoms with Gasteiger partial charge in [-0.25, -0.2) is 0 Å². The molecular formula is C8H11F3O. The minimum atomic E-state index is -4.16. The van der Waals surface area contributed by atoms with E-state index >= 15 is 0 Å². The number of terminal acetylenes is 1. The summed E-state index contributed by atoms with van der Waals surface area (Å²) in [4.78, 5) is 0. The lowest BCUT2D eigenvalue weighted by Crippen LogP contribution is -2.21.